The molecule has 1 fully saturated rings. The maximum atomic E-state index is 12.7. The number of nitrogens with zero attached hydrogens (tertiary/aromatic N) is 4. The second kappa shape index (κ2) is 7.75. The van der Waals surface area contributed by atoms with Crippen molar-refractivity contribution in [3.8, 4) is 5.75 Å². The zero-order valence-corrected chi connectivity index (χ0v) is 14.4. The van der Waals surface area contributed by atoms with Crippen LogP contribution in [0, 0.1) is 5.92 Å². The highest BCUT2D eigenvalue weighted by molar-refractivity contribution is 5.36. The van der Waals surface area contributed by atoms with Crippen molar-refractivity contribution in [3.63, 3.8) is 0 Å². The third-order valence-corrected chi connectivity index (χ3v) is 4.75. The van der Waals surface area contributed by atoms with Crippen LogP contribution in [0.5, 0.6) is 5.75 Å². The van der Waals surface area contributed by atoms with Crippen LogP contribution < -0.4 is 4.74 Å². The highest BCUT2D eigenvalue weighted by atomic mass is 19.1. The van der Waals surface area contributed by atoms with E-state index in [-0.39, 0.29) is 12.6 Å². The molecule has 5 nitrogen and oxygen atoms in total. The molecule has 2 aromatic rings. The molecule has 2 heterocycles. The Bertz CT molecular complexity index is 660. The van der Waals surface area contributed by atoms with E-state index in [1.807, 2.05) is 12.1 Å². The normalized spacial score (nSPS) is 21.8. The monoisotopic (exact) mass is 332 g/mol. The third kappa shape index (κ3) is 3.59. The van der Waals surface area contributed by atoms with Crippen LogP contribution in [0.4, 0.5) is 4.39 Å². The van der Waals surface area contributed by atoms with Gasteiger partial charge >= 0.3 is 0 Å². The lowest BCUT2D eigenvalue weighted by Crippen LogP contribution is -2.37. The highest BCUT2D eigenvalue weighted by Gasteiger charge is 2.30. The van der Waals surface area contributed by atoms with Gasteiger partial charge in [-0.25, -0.2) is 14.1 Å². The molecule has 24 heavy (non-hydrogen) atoms. The largest absolute Gasteiger partial charge is 0.496 e. The quantitative estimate of drug-likeness (QED) is 0.814. The lowest BCUT2D eigenvalue weighted by atomic mass is 9.89. The minimum Gasteiger partial charge on any atom is -0.496 e. The molecule has 0 unspecified atom stereocenters. The molecule has 3 rings (SSSR count). The van der Waals surface area contributed by atoms with Gasteiger partial charge < -0.3 is 4.74 Å². The fourth-order valence-corrected chi connectivity index (χ4v) is 3.57. The number of alkyl halides is 1. The first kappa shape index (κ1) is 16.9. The van der Waals surface area contributed by atoms with Crippen molar-refractivity contribution in [3.05, 3.63) is 42.0 Å². The molecule has 6 heteroatoms. The molecule has 1 aromatic heterocycles. The first-order valence-electron chi connectivity index (χ1n) is 8.52. The van der Waals surface area contributed by atoms with Gasteiger partial charge in [0.05, 0.1) is 20.2 Å². The fraction of sp³-hybridized carbons (Fsp3) is 0.556. The van der Waals surface area contributed by atoms with E-state index >= 15 is 0 Å². The predicted octanol–water partition coefficient (Wildman–Crippen LogP) is 3.23. The first-order chi connectivity index (χ1) is 11.7. The Morgan fingerprint density at radius 1 is 1.29 bits per heavy atom. The number of rotatable bonds is 6. The molecule has 1 aliphatic rings. The van der Waals surface area contributed by atoms with E-state index in [0.717, 1.165) is 24.5 Å². The summed E-state index contributed by atoms with van der Waals surface area (Å²) in [6, 6.07) is 8.49. The topological polar surface area (TPSA) is 43.2 Å². The Morgan fingerprint density at radius 3 is 2.92 bits per heavy atom. The van der Waals surface area contributed by atoms with Gasteiger partial charge in [0, 0.05) is 18.2 Å². The van der Waals surface area contributed by atoms with Crippen LogP contribution in [0.3, 0.4) is 0 Å². The molecule has 0 radical (unpaired) electrons. The summed E-state index contributed by atoms with van der Waals surface area (Å²) in [5.74, 6) is 2.38. The minimum absolute atomic E-state index is 0.262. The molecular weight excluding hydrogens is 307 g/mol. The molecule has 0 saturated carbocycles. The van der Waals surface area contributed by atoms with Gasteiger partial charge in [0.1, 0.15) is 24.6 Å². The van der Waals surface area contributed by atoms with E-state index in [1.54, 1.807) is 11.8 Å². The zero-order valence-electron chi connectivity index (χ0n) is 14.4. The molecule has 0 spiro atoms. The van der Waals surface area contributed by atoms with Gasteiger partial charge in [-0.15, -0.1) is 0 Å². The van der Waals surface area contributed by atoms with Crippen molar-refractivity contribution >= 4 is 0 Å². The number of aromatic nitrogens is 3. The first-order valence-corrected chi connectivity index (χ1v) is 8.52. The molecule has 0 bridgehead atoms. The summed E-state index contributed by atoms with van der Waals surface area (Å²) >= 11 is 0. The Labute approximate surface area is 142 Å². The van der Waals surface area contributed by atoms with E-state index in [0.29, 0.717) is 12.5 Å². The zero-order chi connectivity index (χ0) is 16.9. The lowest BCUT2D eigenvalue weighted by molar-refractivity contribution is 0.0993. The molecule has 1 saturated heterocycles. The van der Waals surface area contributed by atoms with E-state index < -0.39 is 6.67 Å². The van der Waals surface area contributed by atoms with Crippen molar-refractivity contribution in [1.82, 2.24) is 19.7 Å². The summed E-state index contributed by atoms with van der Waals surface area (Å²) in [4.78, 5) is 6.76. The summed E-state index contributed by atoms with van der Waals surface area (Å²) < 4.78 is 19.9. The SMILES string of the molecule is COc1ccccc1[C@@H]1CC[C@@H](C)CN1Cc1ncnn1CCF. The Morgan fingerprint density at radius 2 is 2.12 bits per heavy atom. The molecule has 2 atom stereocenters. The van der Waals surface area contributed by atoms with Crippen LogP contribution in [-0.2, 0) is 13.1 Å². The van der Waals surface area contributed by atoms with Gasteiger partial charge in [0.25, 0.3) is 0 Å². The van der Waals surface area contributed by atoms with Gasteiger partial charge in [-0.3, -0.25) is 4.90 Å². The number of aryl methyl sites for hydroxylation is 1. The second-order valence-corrected chi connectivity index (χ2v) is 6.46. The third-order valence-electron chi connectivity index (χ3n) is 4.75. The average Bonchev–Trinajstić information content (AvgIpc) is 3.02. The van der Waals surface area contributed by atoms with Crippen molar-refractivity contribution in [2.45, 2.75) is 38.9 Å². The van der Waals surface area contributed by atoms with Crippen LogP contribution in [0.1, 0.15) is 37.2 Å². The Balaban J connectivity index is 1.85. The maximum absolute atomic E-state index is 12.7. The fourth-order valence-electron chi connectivity index (χ4n) is 3.57. The molecule has 1 aromatic carbocycles. The molecule has 0 aliphatic carbocycles. The van der Waals surface area contributed by atoms with Crippen LogP contribution in [-0.4, -0.2) is 40.0 Å². The summed E-state index contributed by atoms with van der Waals surface area (Å²) in [5.41, 5.74) is 1.21. The summed E-state index contributed by atoms with van der Waals surface area (Å²) in [5, 5.41) is 4.14. The van der Waals surface area contributed by atoms with E-state index in [4.69, 9.17) is 4.74 Å². The number of piperidine rings is 1. The molecule has 1 aliphatic heterocycles. The van der Waals surface area contributed by atoms with E-state index in [9.17, 15) is 4.39 Å². The van der Waals surface area contributed by atoms with Gasteiger partial charge in [-0.1, -0.05) is 25.1 Å². The Kier molecular flexibility index (Phi) is 5.45. The van der Waals surface area contributed by atoms with Crippen molar-refractivity contribution in [2.24, 2.45) is 5.92 Å². The number of hydrogen-bond donors (Lipinski definition) is 0. The maximum Gasteiger partial charge on any atom is 0.141 e. The van der Waals surface area contributed by atoms with Gasteiger partial charge in [0.15, 0.2) is 0 Å². The minimum atomic E-state index is -0.428. The average molecular weight is 332 g/mol. The van der Waals surface area contributed by atoms with E-state index in [2.05, 4.69) is 34.0 Å². The number of likely N-dealkylation sites (tertiary alicyclic amines) is 1. The molecule has 0 amide bonds. The highest BCUT2D eigenvalue weighted by Crippen LogP contribution is 2.38. The smallest absolute Gasteiger partial charge is 0.141 e. The molecule has 130 valence electrons. The predicted molar refractivity (Wildman–Crippen MR) is 90.5 cm³/mol. The van der Waals surface area contributed by atoms with Crippen LogP contribution in [0.25, 0.3) is 0 Å². The van der Waals surface area contributed by atoms with E-state index in [1.165, 1.54) is 18.3 Å². The summed E-state index contributed by atoms with van der Waals surface area (Å²) in [6.07, 6.45) is 3.78. The van der Waals surface area contributed by atoms with Crippen molar-refractivity contribution in [2.75, 3.05) is 20.3 Å². The van der Waals surface area contributed by atoms with Crippen LogP contribution in [0.2, 0.25) is 0 Å². The van der Waals surface area contributed by atoms with Crippen molar-refractivity contribution in [1.29, 1.82) is 0 Å². The Hall–Kier alpha value is -1.95. The number of halogens is 1. The number of para-hydroxylation sites is 1. The number of methoxy groups -OCH3 is 1. The van der Waals surface area contributed by atoms with Crippen LogP contribution in [0.15, 0.2) is 30.6 Å². The second-order valence-electron chi connectivity index (χ2n) is 6.46. The van der Waals surface area contributed by atoms with Gasteiger partial charge in [-0.05, 0) is 24.8 Å². The number of hydrogen-bond acceptors (Lipinski definition) is 4. The number of ether oxygens (including phenoxy) is 1. The lowest BCUT2D eigenvalue weighted by Gasteiger charge is -2.39. The van der Waals surface area contributed by atoms with Gasteiger partial charge in [-0.2, -0.15) is 5.10 Å². The number of benzene rings is 1. The summed E-state index contributed by atoms with van der Waals surface area (Å²) in [7, 11) is 1.71. The van der Waals surface area contributed by atoms with Crippen molar-refractivity contribution < 1.29 is 9.13 Å². The summed E-state index contributed by atoms with van der Waals surface area (Å²) in [6.45, 7) is 3.77. The molecular formula is C18H25FN4O. The van der Waals surface area contributed by atoms with Gasteiger partial charge in [0.2, 0.25) is 0 Å². The molecule has 0 N–H and O–H groups in total. The standard InChI is InChI=1S/C18H25FN4O/c1-14-7-8-16(15-5-3-4-6-17(15)24-2)22(11-14)12-18-20-13-21-23(18)10-9-19/h3-6,13-14,16H,7-12H2,1-2H3/t14-,16+/m1/s1. The van der Waals surface area contributed by atoms with Crippen LogP contribution >= 0.6 is 0 Å².